The summed E-state index contributed by atoms with van der Waals surface area (Å²) < 4.78 is 5.16. The van der Waals surface area contributed by atoms with Gasteiger partial charge in [0.05, 0.1) is 0 Å². The lowest BCUT2D eigenvalue weighted by molar-refractivity contribution is 0.379. The standard InChI is InChI=1S/C10H13N5OS/c1-6(17-2)3-9-14-10(15-16-9)7-4-8(11)13-5-12-7/h4-6H,3H2,1-2H3,(H2,11,12,13). The van der Waals surface area contributed by atoms with Crippen LogP contribution in [0.25, 0.3) is 11.5 Å². The molecule has 0 saturated carbocycles. The van der Waals surface area contributed by atoms with Gasteiger partial charge in [-0.05, 0) is 6.26 Å². The van der Waals surface area contributed by atoms with Crippen molar-refractivity contribution in [2.45, 2.75) is 18.6 Å². The van der Waals surface area contributed by atoms with Gasteiger partial charge in [0.1, 0.15) is 17.8 Å². The maximum Gasteiger partial charge on any atom is 0.228 e. The van der Waals surface area contributed by atoms with Gasteiger partial charge in [-0.3, -0.25) is 0 Å². The molecular formula is C10H13N5OS. The molecule has 0 aliphatic rings. The molecule has 0 bridgehead atoms. The Bertz CT molecular complexity index is 501. The van der Waals surface area contributed by atoms with Crippen molar-refractivity contribution < 1.29 is 4.52 Å². The second kappa shape index (κ2) is 5.13. The van der Waals surface area contributed by atoms with Crippen molar-refractivity contribution in [3.8, 4) is 11.5 Å². The first kappa shape index (κ1) is 11.8. The van der Waals surface area contributed by atoms with Gasteiger partial charge in [0, 0.05) is 17.7 Å². The summed E-state index contributed by atoms with van der Waals surface area (Å²) in [6, 6.07) is 1.62. The van der Waals surface area contributed by atoms with Gasteiger partial charge in [-0.2, -0.15) is 16.7 Å². The van der Waals surface area contributed by atoms with E-state index in [2.05, 4.69) is 27.0 Å². The number of rotatable bonds is 4. The zero-order chi connectivity index (χ0) is 12.3. The van der Waals surface area contributed by atoms with Crippen LogP contribution in [-0.2, 0) is 6.42 Å². The molecule has 0 amide bonds. The smallest absolute Gasteiger partial charge is 0.228 e. The molecular weight excluding hydrogens is 238 g/mol. The molecule has 7 heteroatoms. The molecule has 2 rings (SSSR count). The largest absolute Gasteiger partial charge is 0.384 e. The Morgan fingerprint density at radius 3 is 3.00 bits per heavy atom. The number of nitrogens with zero attached hydrogens (tertiary/aromatic N) is 4. The third-order valence-corrected chi connectivity index (χ3v) is 3.22. The number of nitrogens with two attached hydrogens (primary N) is 1. The summed E-state index contributed by atoms with van der Waals surface area (Å²) in [6.07, 6.45) is 4.17. The molecule has 90 valence electrons. The Morgan fingerprint density at radius 1 is 1.47 bits per heavy atom. The quantitative estimate of drug-likeness (QED) is 0.878. The van der Waals surface area contributed by atoms with Gasteiger partial charge < -0.3 is 10.3 Å². The Balaban J connectivity index is 2.18. The minimum Gasteiger partial charge on any atom is -0.384 e. The van der Waals surface area contributed by atoms with Crippen LogP contribution in [0.4, 0.5) is 5.82 Å². The van der Waals surface area contributed by atoms with Crippen molar-refractivity contribution in [2.24, 2.45) is 0 Å². The lowest BCUT2D eigenvalue weighted by Crippen LogP contribution is -2.00. The lowest BCUT2D eigenvalue weighted by Gasteiger charge is -2.01. The van der Waals surface area contributed by atoms with Crippen LogP contribution in [0.5, 0.6) is 0 Å². The van der Waals surface area contributed by atoms with Crippen LogP contribution in [0.1, 0.15) is 12.8 Å². The highest BCUT2D eigenvalue weighted by Gasteiger charge is 2.12. The zero-order valence-electron chi connectivity index (χ0n) is 9.62. The summed E-state index contributed by atoms with van der Waals surface area (Å²) in [5.74, 6) is 1.44. The average molecular weight is 251 g/mol. The highest BCUT2D eigenvalue weighted by molar-refractivity contribution is 7.99. The van der Waals surface area contributed by atoms with Crippen LogP contribution in [0.2, 0.25) is 0 Å². The summed E-state index contributed by atoms with van der Waals surface area (Å²) >= 11 is 1.75. The molecule has 1 atom stereocenters. The van der Waals surface area contributed by atoms with E-state index in [9.17, 15) is 0 Å². The number of hydrogen-bond acceptors (Lipinski definition) is 7. The molecule has 2 aromatic rings. The molecule has 0 aromatic carbocycles. The van der Waals surface area contributed by atoms with E-state index in [1.54, 1.807) is 17.8 Å². The second-order valence-corrected chi connectivity index (χ2v) is 4.87. The summed E-state index contributed by atoms with van der Waals surface area (Å²) in [7, 11) is 0. The van der Waals surface area contributed by atoms with E-state index in [1.165, 1.54) is 6.33 Å². The Morgan fingerprint density at radius 2 is 2.29 bits per heavy atom. The molecule has 2 aromatic heterocycles. The van der Waals surface area contributed by atoms with E-state index in [0.29, 0.717) is 28.5 Å². The topological polar surface area (TPSA) is 90.7 Å². The third-order valence-electron chi connectivity index (χ3n) is 2.25. The molecule has 0 saturated heterocycles. The van der Waals surface area contributed by atoms with Crippen molar-refractivity contribution in [1.82, 2.24) is 20.1 Å². The van der Waals surface area contributed by atoms with Crippen molar-refractivity contribution >= 4 is 17.6 Å². The minimum atomic E-state index is 0.388. The molecule has 17 heavy (non-hydrogen) atoms. The number of hydrogen-bond donors (Lipinski definition) is 1. The number of anilines is 1. The van der Waals surface area contributed by atoms with Gasteiger partial charge in [-0.1, -0.05) is 12.1 Å². The van der Waals surface area contributed by atoms with E-state index in [0.717, 1.165) is 6.42 Å². The Hall–Kier alpha value is -1.63. The van der Waals surface area contributed by atoms with E-state index >= 15 is 0 Å². The average Bonchev–Trinajstić information content (AvgIpc) is 2.77. The monoisotopic (exact) mass is 251 g/mol. The molecule has 0 aliphatic heterocycles. The fraction of sp³-hybridized carbons (Fsp3) is 0.400. The maximum absolute atomic E-state index is 5.56. The molecule has 2 N–H and O–H groups in total. The number of aromatic nitrogens is 4. The van der Waals surface area contributed by atoms with Crippen LogP contribution in [0.15, 0.2) is 16.9 Å². The molecule has 0 aliphatic carbocycles. The fourth-order valence-corrected chi connectivity index (χ4v) is 1.57. The summed E-state index contributed by atoms with van der Waals surface area (Å²) in [4.78, 5) is 12.1. The summed E-state index contributed by atoms with van der Waals surface area (Å²) in [5, 5.41) is 4.32. The van der Waals surface area contributed by atoms with Gasteiger partial charge in [0.25, 0.3) is 0 Å². The van der Waals surface area contributed by atoms with Gasteiger partial charge in [0.2, 0.25) is 11.7 Å². The molecule has 0 spiro atoms. The van der Waals surface area contributed by atoms with E-state index in [1.807, 2.05) is 6.26 Å². The van der Waals surface area contributed by atoms with Crippen LogP contribution in [-0.4, -0.2) is 31.6 Å². The second-order valence-electron chi connectivity index (χ2n) is 3.59. The summed E-state index contributed by atoms with van der Waals surface area (Å²) in [5.41, 5.74) is 6.14. The highest BCUT2D eigenvalue weighted by atomic mass is 32.2. The number of thioether (sulfide) groups is 1. The first-order valence-corrected chi connectivity index (χ1v) is 6.41. The number of nitrogen functional groups attached to an aromatic ring is 1. The SMILES string of the molecule is CSC(C)Cc1nc(-c2cc(N)ncn2)no1. The van der Waals surface area contributed by atoms with Gasteiger partial charge in [0.15, 0.2) is 0 Å². The third kappa shape index (κ3) is 2.94. The molecule has 1 unspecified atom stereocenters. The molecule has 2 heterocycles. The van der Waals surface area contributed by atoms with Crippen molar-refractivity contribution in [3.63, 3.8) is 0 Å². The van der Waals surface area contributed by atoms with E-state index in [4.69, 9.17) is 10.3 Å². The highest BCUT2D eigenvalue weighted by Crippen LogP contribution is 2.16. The molecule has 0 fully saturated rings. The van der Waals surface area contributed by atoms with E-state index < -0.39 is 0 Å². The lowest BCUT2D eigenvalue weighted by atomic mass is 10.3. The van der Waals surface area contributed by atoms with Crippen LogP contribution >= 0.6 is 11.8 Å². The molecule has 6 nitrogen and oxygen atoms in total. The predicted octanol–water partition coefficient (Wildman–Crippen LogP) is 1.40. The van der Waals surface area contributed by atoms with Crippen molar-refractivity contribution in [3.05, 3.63) is 18.3 Å². The van der Waals surface area contributed by atoms with Crippen molar-refractivity contribution in [2.75, 3.05) is 12.0 Å². The minimum absolute atomic E-state index is 0.388. The van der Waals surface area contributed by atoms with Gasteiger partial charge in [-0.15, -0.1) is 0 Å². The van der Waals surface area contributed by atoms with Gasteiger partial charge >= 0.3 is 0 Å². The Labute approximate surface area is 103 Å². The van der Waals surface area contributed by atoms with Crippen molar-refractivity contribution in [1.29, 1.82) is 0 Å². The van der Waals surface area contributed by atoms with Gasteiger partial charge in [-0.25, -0.2) is 9.97 Å². The fourth-order valence-electron chi connectivity index (χ4n) is 1.27. The zero-order valence-corrected chi connectivity index (χ0v) is 10.4. The van der Waals surface area contributed by atoms with Crippen LogP contribution < -0.4 is 5.73 Å². The normalized spacial score (nSPS) is 12.6. The van der Waals surface area contributed by atoms with E-state index in [-0.39, 0.29) is 0 Å². The molecule has 0 radical (unpaired) electrons. The predicted molar refractivity (Wildman–Crippen MR) is 66.4 cm³/mol. The van der Waals surface area contributed by atoms with Crippen LogP contribution in [0, 0.1) is 0 Å². The summed E-state index contributed by atoms with van der Waals surface area (Å²) in [6.45, 7) is 2.11. The maximum atomic E-state index is 5.56. The first-order chi connectivity index (χ1) is 8.19. The van der Waals surface area contributed by atoms with Crippen LogP contribution in [0.3, 0.4) is 0 Å². The first-order valence-electron chi connectivity index (χ1n) is 5.12. The Kier molecular flexibility index (Phi) is 3.58.